The summed E-state index contributed by atoms with van der Waals surface area (Å²) in [6.07, 6.45) is 13.8. The Morgan fingerprint density at radius 2 is 1.71 bits per heavy atom. The van der Waals surface area contributed by atoms with Crippen molar-refractivity contribution in [1.82, 2.24) is 10.2 Å². The molecule has 0 bridgehead atoms. The standard InChI is InChI=1S/C18H36N2O/c1-2-19-15-18(11-7-4-8-12-18)16-20(13-14-21)17-9-5-3-6-10-17/h17,19,21H,2-16H2,1H3. The molecule has 2 rings (SSSR count). The average Bonchev–Trinajstić information content (AvgIpc) is 2.54. The highest BCUT2D eigenvalue weighted by Crippen LogP contribution is 2.38. The third kappa shape index (κ3) is 5.22. The zero-order chi connectivity index (χ0) is 15.0. The van der Waals surface area contributed by atoms with Crippen LogP contribution in [0.15, 0.2) is 0 Å². The molecule has 3 heteroatoms. The van der Waals surface area contributed by atoms with E-state index in [9.17, 15) is 5.11 Å². The second-order valence-corrected chi connectivity index (χ2v) is 7.33. The Hall–Kier alpha value is -0.120. The summed E-state index contributed by atoms with van der Waals surface area (Å²) in [5, 5.41) is 13.1. The van der Waals surface area contributed by atoms with Crippen LogP contribution in [0.5, 0.6) is 0 Å². The Kier molecular flexibility index (Phi) is 7.48. The van der Waals surface area contributed by atoms with Gasteiger partial charge in [-0.2, -0.15) is 0 Å². The highest BCUT2D eigenvalue weighted by Gasteiger charge is 2.35. The van der Waals surface area contributed by atoms with Gasteiger partial charge in [-0.05, 0) is 37.6 Å². The van der Waals surface area contributed by atoms with E-state index in [0.29, 0.717) is 12.0 Å². The fraction of sp³-hybridized carbons (Fsp3) is 1.00. The van der Waals surface area contributed by atoms with E-state index in [1.54, 1.807) is 0 Å². The minimum atomic E-state index is 0.313. The van der Waals surface area contributed by atoms with Crippen molar-refractivity contribution in [3.05, 3.63) is 0 Å². The lowest BCUT2D eigenvalue weighted by atomic mass is 9.73. The molecule has 0 spiro atoms. The van der Waals surface area contributed by atoms with E-state index in [0.717, 1.165) is 25.7 Å². The van der Waals surface area contributed by atoms with Crippen molar-refractivity contribution in [3.8, 4) is 0 Å². The molecule has 0 saturated heterocycles. The lowest BCUT2D eigenvalue weighted by Gasteiger charge is -2.44. The fourth-order valence-electron chi connectivity index (χ4n) is 4.48. The number of aliphatic hydroxyl groups excluding tert-OH is 1. The Bertz CT molecular complexity index is 270. The van der Waals surface area contributed by atoms with Crippen molar-refractivity contribution in [2.45, 2.75) is 77.2 Å². The Labute approximate surface area is 131 Å². The summed E-state index contributed by atoms with van der Waals surface area (Å²) in [4.78, 5) is 2.64. The molecule has 0 unspecified atom stereocenters. The van der Waals surface area contributed by atoms with Crippen LogP contribution in [0.25, 0.3) is 0 Å². The van der Waals surface area contributed by atoms with E-state index < -0.39 is 0 Å². The predicted octanol–water partition coefficient (Wildman–Crippen LogP) is 3.17. The van der Waals surface area contributed by atoms with Gasteiger partial charge < -0.3 is 10.4 Å². The maximum absolute atomic E-state index is 9.50. The molecular weight excluding hydrogens is 260 g/mol. The summed E-state index contributed by atoms with van der Waals surface area (Å²) >= 11 is 0. The third-order valence-electron chi connectivity index (χ3n) is 5.68. The van der Waals surface area contributed by atoms with Crippen molar-refractivity contribution in [2.24, 2.45) is 5.41 Å². The fourth-order valence-corrected chi connectivity index (χ4v) is 4.48. The smallest absolute Gasteiger partial charge is 0.0558 e. The zero-order valence-electron chi connectivity index (χ0n) is 14.1. The van der Waals surface area contributed by atoms with E-state index >= 15 is 0 Å². The molecule has 0 radical (unpaired) electrons. The number of aliphatic hydroxyl groups is 1. The average molecular weight is 296 g/mol. The number of rotatable bonds is 8. The Balaban J connectivity index is 1.99. The maximum atomic E-state index is 9.50. The van der Waals surface area contributed by atoms with E-state index in [4.69, 9.17) is 0 Å². The molecule has 0 aromatic heterocycles. The minimum absolute atomic E-state index is 0.313. The summed E-state index contributed by atoms with van der Waals surface area (Å²) in [7, 11) is 0. The molecular formula is C18H36N2O. The van der Waals surface area contributed by atoms with Gasteiger partial charge in [0.2, 0.25) is 0 Å². The molecule has 0 aromatic rings. The van der Waals surface area contributed by atoms with Crippen molar-refractivity contribution in [1.29, 1.82) is 0 Å². The van der Waals surface area contributed by atoms with E-state index in [1.807, 2.05) is 0 Å². The molecule has 2 fully saturated rings. The number of nitrogens with one attached hydrogen (secondary N) is 1. The molecule has 21 heavy (non-hydrogen) atoms. The molecule has 2 aliphatic rings. The summed E-state index contributed by atoms with van der Waals surface area (Å²) in [5.41, 5.74) is 0.459. The first-order valence-corrected chi connectivity index (χ1v) is 9.35. The molecule has 3 nitrogen and oxygen atoms in total. The number of hydrogen-bond donors (Lipinski definition) is 2. The highest BCUT2D eigenvalue weighted by molar-refractivity contribution is 4.90. The second kappa shape index (κ2) is 9.12. The molecule has 124 valence electrons. The van der Waals surface area contributed by atoms with Gasteiger partial charge in [0.05, 0.1) is 6.61 Å². The van der Waals surface area contributed by atoms with E-state index in [2.05, 4.69) is 17.1 Å². The monoisotopic (exact) mass is 296 g/mol. The van der Waals surface area contributed by atoms with Crippen LogP contribution in [0.2, 0.25) is 0 Å². The first kappa shape index (κ1) is 17.2. The van der Waals surface area contributed by atoms with E-state index in [-0.39, 0.29) is 0 Å². The van der Waals surface area contributed by atoms with Gasteiger partial charge in [0.15, 0.2) is 0 Å². The molecule has 0 amide bonds. The molecule has 0 aliphatic heterocycles. The summed E-state index contributed by atoms with van der Waals surface area (Å²) in [5.74, 6) is 0. The quantitative estimate of drug-likeness (QED) is 0.722. The summed E-state index contributed by atoms with van der Waals surface area (Å²) in [6.45, 7) is 6.84. The van der Waals surface area contributed by atoms with Crippen LogP contribution >= 0.6 is 0 Å². The van der Waals surface area contributed by atoms with E-state index in [1.165, 1.54) is 70.8 Å². The van der Waals surface area contributed by atoms with Crippen LogP contribution in [0.3, 0.4) is 0 Å². The molecule has 2 aliphatic carbocycles. The van der Waals surface area contributed by atoms with Crippen LogP contribution in [0.4, 0.5) is 0 Å². The first-order valence-electron chi connectivity index (χ1n) is 9.35. The van der Waals surface area contributed by atoms with Crippen molar-refractivity contribution >= 4 is 0 Å². The van der Waals surface area contributed by atoms with Gasteiger partial charge in [-0.25, -0.2) is 0 Å². The van der Waals surface area contributed by atoms with Gasteiger partial charge in [-0.3, -0.25) is 4.90 Å². The van der Waals surface area contributed by atoms with Crippen molar-refractivity contribution < 1.29 is 5.11 Å². The van der Waals surface area contributed by atoms with Crippen LogP contribution in [0, 0.1) is 5.41 Å². The largest absolute Gasteiger partial charge is 0.395 e. The van der Waals surface area contributed by atoms with Gasteiger partial charge in [0.25, 0.3) is 0 Å². The Morgan fingerprint density at radius 3 is 2.33 bits per heavy atom. The van der Waals surface area contributed by atoms with Gasteiger partial charge in [-0.1, -0.05) is 45.4 Å². The third-order valence-corrected chi connectivity index (χ3v) is 5.68. The maximum Gasteiger partial charge on any atom is 0.0558 e. The lowest BCUT2D eigenvalue weighted by Crippen LogP contribution is -2.50. The van der Waals surface area contributed by atoms with Crippen LogP contribution < -0.4 is 5.32 Å². The van der Waals surface area contributed by atoms with Crippen LogP contribution in [-0.4, -0.2) is 48.8 Å². The highest BCUT2D eigenvalue weighted by atomic mass is 16.3. The molecule has 2 N–H and O–H groups in total. The second-order valence-electron chi connectivity index (χ2n) is 7.33. The lowest BCUT2D eigenvalue weighted by molar-refractivity contribution is 0.0487. The number of hydrogen-bond acceptors (Lipinski definition) is 3. The summed E-state index contributed by atoms with van der Waals surface area (Å²) in [6, 6.07) is 0.728. The van der Waals surface area contributed by atoms with Gasteiger partial charge in [0, 0.05) is 25.7 Å². The number of nitrogens with zero attached hydrogens (tertiary/aromatic N) is 1. The molecule has 0 aromatic carbocycles. The Morgan fingerprint density at radius 1 is 1.05 bits per heavy atom. The van der Waals surface area contributed by atoms with Crippen molar-refractivity contribution in [3.63, 3.8) is 0 Å². The van der Waals surface area contributed by atoms with Crippen molar-refractivity contribution in [2.75, 3.05) is 32.8 Å². The normalized spacial score (nSPS) is 23.6. The molecule has 0 atom stereocenters. The van der Waals surface area contributed by atoms with Crippen LogP contribution in [-0.2, 0) is 0 Å². The zero-order valence-corrected chi connectivity index (χ0v) is 14.1. The van der Waals surface area contributed by atoms with Gasteiger partial charge in [0.1, 0.15) is 0 Å². The SMILES string of the molecule is CCNCC1(CN(CCO)C2CCCCC2)CCCCC1. The topological polar surface area (TPSA) is 35.5 Å². The predicted molar refractivity (Wildman–Crippen MR) is 89.6 cm³/mol. The van der Waals surface area contributed by atoms with Gasteiger partial charge in [-0.15, -0.1) is 0 Å². The minimum Gasteiger partial charge on any atom is -0.395 e. The molecule has 0 heterocycles. The van der Waals surface area contributed by atoms with Gasteiger partial charge >= 0.3 is 0 Å². The summed E-state index contributed by atoms with van der Waals surface area (Å²) < 4.78 is 0. The molecule has 2 saturated carbocycles. The first-order chi connectivity index (χ1) is 10.3. The van der Waals surface area contributed by atoms with Crippen LogP contribution in [0.1, 0.15) is 71.1 Å².